The van der Waals surface area contributed by atoms with Gasteiger partial charge in [0.25, 0.3) is 0 Å². The zero-order chi connectivity index (χ0) is 19.1. The largest absolute Gasteiger partial charge is 0.444 e. The minimum atomic E-state index is -0.492. The van der Waals surface area contributed by atoms with Gasteiger partial charge in [-0.25, -0.2) is 4.79 Å². The van der Waals surface area contributed by atoms with Crippen LogP contribution in [0, 0.1) is 0 Å². The Balaban J connectivity index is 2.78. The van der Waals surface area contributed by atoms with Crippen molar-refractivity contribution >= 4 is 22.0 Å². The van der Waals surface area contributed by atoms with Crippen molar-refractivity contribution in [2.45, 2.75) is 78.0 Å². The van der Waals surface area contributed by atoms with Gasteiger partial charge in [-0.15, -0.1) is 0 Å². The Morgan fingerprint density at radius 3 is 2.12 bits per heavy atom. The molecule has 1 unspecified atom stereocenters. The van der Waals surface area contributed by atoms with E-state index in [1.54, 1.807) is 0 Å². The predicted octanol–water partition coefficient (Wildman–Crippen LogP) is 5.57. The van der Waals surface area contributed by atoms with Crippen molar-refractivity contribution < 1.29 is 9.53 Å². The molecule has 0 saturated carbocycles. The molecule has 1 aromatic carbocycles. The molecule has 0 saturated heterocycles. The van der Waals surface area contributed by atoms with Crippen LogP contribution in [0.1, 0.15) is 72.4 Å². The van der Waals surface area contributed by atoms with E-state index in [0.717, 1.165) is 23.7 Å². The number of amides is 1. The first-order chi connectivity index (χ1) is 11.6. The Morgan fingerprint density at radius 2 is 1.68 bits per heavy atom. The van der Waals surface area contributed by atoms with Crippen LogP contribution in [0.5, 0.6) is 0 Å². The zero-order valence-corrected chi connectivity index (χ0v) is 18.0. The minimum absolute atomic E-state index is 0.256. The maximum atomic E-state index is 12.2. The molecule has 0 aromatic heterocycles. The quantitative estimate of drug-likeness (QED) is 0.586. The average Bonchev–Trinajstić information content (AvgIpc) is 2.54. The second kappa shape index (κ2) is 9.58. The van der Waals surface area contributed by atoms with Crippen LogP contribution >= 0.6 is 15.9 Å². The molecule has 1 rings (SSSR count). The highest BCUT2D eigenvalue weighted by Gasteiger charge is 2.31. The fraction of sp³-hybridized carbons (Fsp3) is 0.650. The lowest BCUT2D eigenvalue weighted by atomic mass is 9.91. The van der Waals surface area contributed by atoms with Crippen molar-refractivity contribution in [1.29, 1.82) is 0 Å². The summed E-state index contributed by atoms with van der Waals surface area (Å²) in [4.78, 5) is 12.2. The molecule has 0 aliphatic heterocycles. The summed E-state index contributed by atoms with van der Waals surface area (Å²) in [5.74, 6) is 0. The fourth-order valence-corrected chi connectivity index (χ4v) is 3.02. The van der Waals surface area contributed by atoms with E-state index in [4.69, 9.17) is 4.74 Å². The SMILES string of the molecule is CCC(NCC(CC)(CC)NC(=O)OC(C)(C)C)c1ccc(Br)cc1. The van der Waals surface area contributed by atoms with E-state index < -0.39 is 5.60 Å². The number of carbonyl (C=O) groups excluding carboxylic acids is 1. The van der Waals surface area contributed by atoms with Crippen LogP contribution in [0.4, 0.5) is 4.79 Å². The monoisotopic (exact) mass is 412 g/mol. The molecule has 0 bridgehead atoms. The number of alkyl carbamates (subject to hydrolysis) is 1. The molecule has 0 aliphatic rings. The molecule has 142 valence electrons. The van der Waals surface area contributed by atoms with Crippen molar-refractivity contribution in [3.8, 4) is 0 Å². The third-order valence-corrected chi connectivity index (χ3v) is 5.02. The normalized spacial score (nSPS) is 13.4. The summed E-state index contributed by atoms with van der Waals surface area (Å²) in [5, 5.41) is 6.73. The van der Waals surface area contributed by atoms with Gasteiger partial charge in [0, 0.05) is 17.1 Å². The number of hydrogen-bond acceptors (Lipinski definition) is 3. The number of ether oxygens (including phenoxy) is 1. The van der Waals surface area contributed by atoms with Gasteiger partial charge >= 0.3 is 6.09 Å². The van der Waals surface area contributed by atoms with Crippen molar-refractivity contribution in [1.82, 2.24) is 10.6 Å². The molecular formula is C20H33BrN2O2. The van der Waals surface area contributed by atoms with E-state index in [-0.39, 0.29) is 17.7 Å². The summed E-state index contributed by atoms with van der Waals surface area (Å²) in [6, 6.07) is 8.64. The Labute approximate surface area is 161 Å². The first-order valence-corrected chi connectivity index (χ1v) is 9.94. The maximum Gasteiger partial charge on any atom is 0.408 e. The van der Waals surface area contributed by atoms with Gasteiger partial charge in [-0.3, -0.25) is 0 Å². The van der Waals surface area contributed by atoms with Crippen LogP contribution in [-0.2, 0) is 4.74 Å². The second-order valence-electron chi connectivity index (χ2n) is 7.51. The average molecular weight is 413 g/mol. The summed E-state index contributed by atoms with van der Waals surface area (Å²) in [5.41, 5.74) is 0.447. The lowest BCUT2D eigenvalue weighted by Gasteiger charge is -2.35. The molecule has 0 radical (unpaired) electrons. The van der Waals surface area contributed by atoms with Crippen LogP contribution < -0.4 is 10.6 Å². The maximum absolute atomic E-state index is 12.2. The van der Waals surface area contributed by atoms with Gasteiger partial charge in [0.2, 0.25) is 0 Å². The number of rotatable bonds is 8. The molecule has 2 N–H and O–H groups in total. The number of carbonyl (C=O) groups is 1. The van der Waals surface area contributed by atoms with Gasteiger partial charge < -0.3 is 15.4 Å². The molecule has 1 atom stereocenters. The Hall–Kier alpha value is -1.07. The molecule has 25 heavy (non-hydrogen) atoms. The minimum Gasteiger partial charge on any atom is -0.444 e. The van der Waals surface area contributed by atoms with E-state index in [1.807, 2.05) is 20.8 Å². The third kappa shape index (κ3) is 7.37. The van der Waals surface area contributed by atoms with Crippen molar-refractivity contribution in [2.75, 3.05) is 6.54 Å². The number of nitrogens with one attached hydrogen (secondary N) is 2. The second-order valence-corrected chi connectivity index (χ2v) is 8.42. The molecular weight excluding hydrogens is 380 g/mol. The summed E-state index contributed by atoms with van der Waals surface area (Å²) in [6.07, 6.45) is 2.31. The standard InChI is InChI=1S/C20H33BrN2O2/c1-7-17(15-10-12-16(21)13-11-15)22-14-20(8-2,9-3)23-18(24)25-19(4,5)6/h10-13,17,22H,7-9,14H2,1-6H3,(H,23,24). The lowest BCUT2D eigenvalue weighted by molar-refractivity contribution is 0.0444. The number of hydrogen-bond donors (Lipinski definition) is 2. The Bertz CT molecular complexity index is 534. The van der Waals surface area contributed by atoms with Crippen LogP contribution in [-0.4, -0.2) is 23.8 Å². The number of halogens is 1. The smallest absolute Gasteiger partial charge is 0.408 e. The summed E-state index contributed by atoms with van der Waals surface area (Å²) in [6.45, 7) is 12.7. The molecule has 1 aromatic rings. The molecule has 4 nitrogen and oxygen atoms in total. The van der Waals surface area contributed by atoms with Gasteiger partial charge in [-0.1, -0.05) is 48.8 Å². The van der Waals surface area contributed by atoms with E-state index in [9.17, 15) is 4.79 Å². The van der Waals surface area contributed by atoms with Gasteiger partial charge in [0.1, 0.15) is 5.60 Å². The highest BCUT2D eigenvalue weighted by atomic mass is 79.9. The molecule has 0 heterocycles. The van der Waals surface area contributed by atoms with Gasteiger partial charge in [-0.2, -0.15) is 0 Å². The summed E-state index contributed by atoms with van der Waals surface area (Å²) < 4.78 is 6.52. The Morgan fingerprint density at radius 1 is 1.12 bits per heavy atom. The summed E-state index contributed by atoms with van der Waals surface area (Å²) in [7, 11) is 0. The van der Waals surface area contributed by atoms with Crippen molar-refractivity contribution in [3.63, 3.8) is 0 Å². The highest BCUT2D eigenvalue weighted by molar-refractivity contribution is 9.10. The lowest BCUT2D eigenvalue weighted by Crippen LogP contribution is -2.55. The predicted molar refractivity (Wildman–Crippen MR) is 108 cm³/mol. The van der Waals surface area contributed by atoms with Gasteiger partial charge in [0.15, 0.2) is 0 Å². The number of benzene rings is 1. The van der Waals surface area contributed by atoms with Gasteiger partial charge in [-0.05, 0) is 57.7 Å². The molecule has 0 fully saturated rings. The van der Waals surface area contributed by atoms with Crippen molar-refractivity contribution in [3.05, 3.63) is 34.3 Å². The Kier molecular flexibility index (Phi) is 8.42. The summed E-state index contributed by atoms with van der Waals surface area (Å²) >= 11 is 3.48. The molecule has 1 amide bonds. The van der Waals surface area contributed by atoms with E-state index in [2.05, 4.69) is 71.6 Å². The molecule has 0 spiro atoms. The third-order valence-electron chi connectivity index (χ3n) is 4.49. The molecule has 0 aliphatic carbocycles. The van der Waals surface area contributed by atoms with Gasteiger partial charge in [0.05, 0.1) is 5.54 Å². The van der Waals surface area contributed by atoms with E-state index >= 15 is 0 Å². The van der Waals surface area contributed by atoms with E-state index in [0.29, 0.717) is 6.54 Å². The highest BCUT2D eigenvalue weighted by Crippen LogP contribution is 2.22. The molecule has 5 heteroatoms. The van der Waals surface area contributed by atoms with E-state index in [1.165, 1.54) is 5.56 Å². The van der Waals surface area contributed by atoms with Crippen LogP contribution in [0.25, 0.3) is 0 Å². The fourth-order valence-electron chi connectivity index (χ4n) is 2.75. The first-order valence-electron chi connectivity index (χ1n) is 9.14. The zero-order valence-electron chi connectivity index (χ0n) is 16.4. The van der Waals surface area contributed by atoms with Crippen molar-refractivity contribution in [2.24, 2.45) is 0 Å². The van der Waals surface area contributed by atoms with Crippen LogP contribution in [0.15, 0.2) is 28.7 Å². The topological polar surface area (TPSA) is 50.4 Å². The first kappa shape index (κ1) is 22.0. The van der Waals surface area contributed by atoms with Crippen LogP contribution in [0.2, 0.25) is 0 Å². The van der Waals surface area contributed by atoms with Crippen LogP contribution in [0.3, 0.4) is 0 Å².